The first-order valence-corrected chi connectivity index (χ1v) is 12.0. The van der Waals surface area contributed by atoms with E-state index in [9.17, 15) is 9.59 Å². The number of aromatic nitrogens is 1. The van der Waals surface area contributed by atoms with Crippen LogP contribution in [0.5, 0.6) is 11.5 Å². The first kappa shape index (κ1) is 20.2. The van der Waals surface area contributed by atoms with Gasteiger partial charge in [0.15, 0.2) is 16.6 Å². The Bertz CT molecular complexity index is 1250. The highest BCUT2D eigenvalue weighted by Gasteiger charge is 2.34. The minimum atomic E-state index is -0.255. The van der Waals surface area contributed by atoms with E-state index >= 15 is 0 Å². The summed E-state index contributed by atoms with van der Waals surface area (Å²) in [5.74, 6) is 0.846. The van der Waals surface area contributed by atoms with Crippen LogP contribution in [0.25, 0.3) is 0 Å². The monoisotopic (exact) mass is 461 g/mol. The van der Waals surface area contributed by atoms with Gasteiger partial charge in [-0.2, -0.15) is 0 Å². The van der Waals surface area contributed by atoms with E-state index in [4.69, 9.17) is 14.5 Å². The molecule has 1 atom stereocenters. The van der Waals surface area contributed by atoms with Crippen molar-refractivity contribution in [2.24, 2.45) is 0 Å². The van der Waals surface area contributed by atoms with E-state index in [1.165, 1.54) is 22.5 Å². The van der Waals surface area contributed by atoms with Gasteiger partial charge in [-0.1, -0.05) is 24.3 Å². The van der Waals surface area contributed by atoms with Crippen molar-refractivity contribution in [1.29, 1.82) is 0 Å². The zero-order chi connectivity index (χ0) is 22.4. The van der Waals surface area contributed by atoms with Gasteiger partial charge in [-0.3, -0.25) is 14.9 Å². The Labute approximate surface area is 195 Å². The van der Waals surface area contributed by atoms with E-state index in [1.54, 1.807) is 18.2 Å². The standard InChI is InChI=1S/C25H23N3O4S/c29-23(16-8-9-19-20(12-16)32-14-31-19)27-25-26-22-18(6-3-7-21(22)33-25)24(30)28-11-10-15-4-1-2-5-17(15)13-28/h1-2,4-5,8-9,12,18H,3,6-7,10-11,13-14H2,(H,26,27,29)/t18-/m0/s1. The maximum Gasteiger partial charge on any atom is 0.257 e. The van der Waals surface area contributed by atoms with E-state index in [2.05, 4.69) is 23.5 Å². The number of thiazole rings is 1. The maximum absolute atomic E-state index is 13.5. The van der Waals surface area contributed by atoms with E-state index in [0.717, 1.165) is 42.8 Å². The molecule has 1 N–H and O–H groups in total. The number of fused-ring (bicyclic) bond motifs is 3. The third-order valence-corrected chi connectivity index (χ3v) is 7.60. The van der Waals surface area contributed by atoms with Crippen molar-refractivity contribution in [2.45, 2.75) is 38.1 Å². The van der Waals surface area contributed by atoms with Crippen molar-refractivity contribution in [2.75, 3.05) is 18.7 Å². The number of ether oxygens (including phenoxy) is 2. The van der Waals surface area contributed by atoms with Crippen LogP contribution in [-0.4, -0.2) is 35.0 Å². The number of nitrogens with one attached hydrogen (secondary N) is 1. The second kappa shape index (κ2) is 8.19. The molecular weight excluding hydrogens is 438 g/mol. The van der Waals surface area contributed by atoms with Crippen molar-refractivity contribution in [3.05, 3.63) is 69.7 Å². The quantitative estimate of drug-likeness (QED) is 0.634. The lowest BCUT2D eigenvalue weighted by Gasteiger charge is -2.32. The Hall–Kier alpha value is -3.39. The number of rotatable bonds is 3. The van der Waals surface area contributed by atoms with Gasteiger partial charge in [-0.25, -0.2) is 4.98 Å². The molecule has 3 aliphatic rings. The topological polar surface area (TPSA) is 80.8 Å². The van der Waals surface area contributed by atoms with Crippen molar-refractivity contribution in [1.82, 2.24) is 9.88 Å². The van der Waals surface area contributed by atoms with Crippen LogP contribution in [0.1, 0.15) is 50.8 Å². The van der Waals surface area contributed by atoms with Crippen LogP contribution in [0, 0.1) is 0 Å². The fourth-order valence-corrected chi connectivity index (χ4v) is 5.88. The number of anilines is 1. The van der Waals surface area contributed by atoms with Gasteiger partial charge in [0.25, 0.3) is 5.91 Å². The largest absolute Gasteiger partial charge is 0.454 e. The van der Waals surface area contributed by atoms with Crippen molar-refractivity contribution in [3.63, 3.8) is 0 Å². The molecule has 3 aromatic rings. The lowest BCUT2D eigenvalue weighted by molar-refractivity contribution is -0.134. The number of nitrogens with zero attached hydrogens (tertiary/aromatic N) is 2. The fourth-order valence-electron chi connectivity index (χ4n) is 4.82. The second-order valence-electron chi connectivity index (χ2n) is 8.57. The average molecular weight is 462 g/mol. The first-order chi connectivity index (χ1) is 16.2. The molecule has 0 unspecified atom stereocenters. The van der Waals surface area contributed by atoms with Gasteiger partial charge < -0.3 is 14.4 Å². The van der Waals surface area contributed by atoms with Crippen LogP contribution >= 0.6 is 11.3 Å². The van der Waals surface area contributed by atoms with Gasteiger partial charge in [0, 0.05) is 23.5 Å². The molecule has 3 heterocycles. The number of carbonyl (C=O) groups is 2. The number of benzene rings is 2. The summed E-state index contributed by atoms with van der Waals surface area (Å²) in [6, 6.07) is 13.4. The highest BCUT2D eigenvalue weighted by atomic mass is 32.1. The molecule has 8 heteroatoms. The minimum Gasteiger partial charge on any atom is -0.454 e. The third-order valence-electron chi connectivity index (χ3n) is 6.55. The Balaban J connectivity index is 1.19. The molecule has 0 fully saturated rings. The summed E-state index contributed by atoms with van der Waals surface area (Å²) in [4.78, 5) is 34.0. The Morgan fingerprint density at radius 2 is 1.91 bits per heavy atom. The smallest absolute Gasteiger partial charge is 0.257 e. The van der Waals surface area contributed by atoms with Crippen LogP contribution in [-0.2, 0) is 24.2 Å². The van der Waals surface area contributed by atoms with Crippen LogP contribution in [0.2, 0.25) is 0 Å². The number of carbonyl (C=O) groups excluding carboxylic acids is 2. The highest BCUT2D eigenvalue weighted by Crippen LogP contribution is 2.39. The molecule has 2 amide bonds. The predicted molar refractivity (Wildman–Crippen MR) is 124 cm³/mol. The number of hydrogen-bond acceptors (Lipinski definition) is 6. The third kappa shape index (κ3) is 3.74. The first-order valence-electron chi connectivity index (χ1n) is 11.2. The minimum absolute atomic E-state index is 0.143. The molecule has 0 saturated heterocycles. The van der Waals surface area contributed by atoms with E-state index in [1.807, 2.05) is 11.0 Å². The summed E-state index contributed by atoms with van der Waals surface area (Å²) in [5.41, 5.74) is 3.86. The SMILES string of the molecule is O=C(Nc1nc2c(s1)CCC[C@@H]2C(=O)N1CCc2ccccc2C1)c1ccc2c(c1)OCO2. The summed E-state index contributed by atoms with van der Waals surface area (Å²) in [6.45, 7) is 1.55. The van der Waals surface area contributed by atoms with Gasteiger partial charge in [0.1, 0.15) is 0 Å². The highest BCUT2D eigenvalue weighted by molar-refractivity contribution is 7.16. The normalized spacial score (nSPS) is 18.4. The predicted octanol–water partition coefficient (Wildman–Crippen LogP) is 4.13. The lowest BCUT2D eigenvalue weighted by Crippen LogP contribution is -2.39. The fraction of sp³-hybridized carbons (Fsp3) is 0.320. The van der Waals surface area contributed by atoms with Crippen LogP contribution in [0.3, 0.4) is 0 Å². The van der Waals surface area contributed by atoms with Gasteiger partial charge in [0.2, 0.25) is 12.7 Å². The van der Waals surface area contributed by atoms with Crippen LogP contribution in [0.15, 0.2) is 42.5 Å². The van der Waals surface area contributed by atoms with E-state index in [0.29, 0.717) is 28.7 Å². The molecule has 0 spiro atoms. The molecule has 168 valence electrons. The number of amides is 2. The molecule has 1 aromatic heterocycles. The van der Waals surface area contributed by atoms with Crippen LogP contribution < -0.4 is 14.8 Å². The van der Waals surface area contributed by atoms with E-state index in [-0.39, 0.29) is 24.5 Å². The van der Waals surface area contributed by atoms with Gasteiger partial charge in [-0.05, 0) is 55.0 Å². The molecule has 1 aliphatic carbocycles. The molecule has 2 aliphatic heterocycles. The second-order valence-corrected chi connectivity index (χ2v) is 9.66. The molecule has 0 radical (unpaired) electrons. The molecule has 7 nitrogen and oxygen atoms in total. The number of aryl methyl sites for hydroxylation is 1. The molecule has 0 saturated carbocycles. The number of hydrogen-bond donors (Lipinski definition) is 1. The summed E-state index contributed by atoms with van der Waals surface area (Å²) >= 11 is 1.47. The molecule has 6 rings (SSSR count). The van der Waals surface area contributed by atoms with Crippen molar-refractivity contribution >= 4 is 28.3 Å². The van der Waals surface area contributed by atoms with E-state index < -0.39 is 0 Å². The molecular formula is C25H23N3O4S. The Kier molecular flexibility index (Phi) is 5.02. The lowest BCUT2D eigenvalue weighted by atomic mass is 9.89. The molecule has 2 aromatic carbocycles. The Morgan fingerprint density at radius 3 is 2.82 bits per heavy atom. The summed E-state index contributed by atoms with van der Waals surface area (Å²) < 4.78 is 10.7. The van der Waals surface area contributed by atoms with Crippen LogP contribution in [0.4, 0.5) is 5.13 Å². The summed E-state index contributed by atoms with van der Waals surface area (Å²) in [6.07, 6.45) is 3.52. The Morgan fingerprint density at radius 1 is 1.06 bits per heavy atom. The zero-order valence-electron chi connectivity index (χ0n) is 18.0. The van der Waals surface area contributed by atoms with Crippen molar-refractivity contribution in [3.8, 4) is 11.5 Å². The maximum atomic E-state index is 13.5. The summed E-state index contributed by atoms with van der Waals surface area (Å²) in [7, 11) is 0. The van der Waals surface area contributed by atoms with Gasteiger partial charge in [-0.15, -0.1) is 11.3 Å². The van der Waals surface area contributed by atoms with Crippen molar-refractivity contribution < 1.29 is 19.1 Å². The average Bonchev–Trinajstić information content (AvgIpc) is 3.49. The van der Waals surface area contributed by atoms with Gasteiger partial charge >= 0.3 is 0 Å². The molecule has 0 bridgehead atoms. The summed E-state index contributed by atoms with van der Waals surface area (Å²) in [5, 5.41) is 3.44. The molecule has 33 heavy (non-hydrogen) atoms. The zero-order valence-corrected chi connectivity index (χ0v) is 18.8. The van der Waals surface area contributed by atoms with Gasteiger partial charge in [0.05, 0.1) is 11.6 Å².